The number of halogens is 2. The molecule has 0 aliphatic carbocycles. The summed E-state index contributed by atoms with van der Waals surface area (Å²) in [5, 5.41) is 3.47. The summed E-state index contributed by atoms with van der Waals surface area (Å²) in [6, 6.07) is 2.06. The molecule has 2 saturated heterocycles. The Hall–Kier alpha value is -3.19. The number of anilines is 2. The number of alkyl carbamates (subject to hydrolysis) is 1. The first-order valence-corrected chi connectivity index (χ1v) is 9.51. The lowest BCUT2D eigenvalue weighted by Gasteiger charge is -2.24. The molecule has 2 aliphatic rings. The molecule has 13 heteroatoms. The summed E-state index contributed by atoms with van der Waals surface area (Å²) in [5.74, 6) is -2.18. The van der Waals surface area contributed by atoms with Crippen LogP contribution in [0.5, 0.6) is 0 Å². The Morgan fingerprint density at radius 3 is 2.56 bits per heavy atom. The molecule has 32 heavy (non-hydrogen) atoms. The van der Waals surface area contributed by atoms with Gasteiger partial charge >= 0.3 is 12.2 Å². The van der Waals surface area contributed by atoms with Crippen LogP contribution in [0.4, 0.5) is 29.7 Å². The van der Waals surface area contributed by atoms with E-state index in [1.165, 1.54) is 12.0 Å². The topological polar surface area (TPSA) is 127 Å². The Morgan fingerprint density at radius 1 is 1.25 bits per heavy atom. The van der Waals surface area contributed by atoms with Crippen molar-refractivity contribution in [2.75, 3.05) is 62.8 Å². The Balaban J connectivity index is 0.00000363. The summed E-state index contributed by atoms with van der Waals surface area (Å²) >= 11 is 0. The van der Waals surface area contributed by atoms with Crippen molar-refractivity contribution in [1.82, 2.24) is 10.4 Å². The number of hydrogen-bond acceptors (Lipinski definition) is 8. The summed E-state index contributed by atoms with van der Waals surface area (Å²) in [6.45, 7) is 0.155. The smallest absolute Gasteiger partial charge is 0.414 e. The summed E-state index contributed by atoms with van der Waals surface area (Å²) in [5.41, 5.74) is 5.01. The number of cyclic esters (lactones) is 1. The summed E-state index contributed by atoms with van der Waals surface area (Å²) in [7, 11) is 1.19. The quantitative estimate of drug-likeness (QED) is 0.663. The molecule has 2 heterocycles. The van der Waals surface area contributed by atoms with Crippen LogP contribution in [0, 0.1) is 11.6 Å². The first-order chi connectivity index (χ1) is 14.8. The molecule has 3 amide bonds. The molecule has 0 bridgehead atoms. The number of ether oxygens (including phenoxy) is 2. The fourth-order valence-electron chi connectivity index (χ4n) is 3.29. The van der Waals surface area contributed by atoms with E-state index in [1.807, 2.05) is 0 Å². The minimum Gasteiger partial charge on any atom is -0.453 e. The summed E-state index contributed by atoms with van der Waals surface area (Å²) in [6.07, 6.45) is -2.18. The number of nitrogens with zero attached hydrogens (tertiary/aromatic N) is 3. The van der Waals surface area contributed by atoms with Gasteiger partial charge in [0.2, 0.25) is 0 Å². The van der Waals surface area contributed by atoms with Crippen molar-refractivity contribution in [3.63, 3.8) is 0 Å². The normalized spacial score (nSPS) is 18.6. The van der Waals surface area contributed by atoms with Crippen LogP contribution < -0.4 is 20.9 Å². The molecule has 2 aliphatic heterocycles. The summed E-state index contributed by atoms with van der Waals surface area (Å²) in [4.78, 5) is 42.7. The molecule has 3 rings (SSSR count). The highest BCUT2D eigenvalue weighted by atomic mass is 19.1. The monoisotopic (exact) mass is 459 g/mol. The predicted molar refractivity (Wildman–Crippen MR) is 110 cm³/mol. The highest BCUT2D eigenvalue weighted by Crippen LogP contribution is 2.31. The van der Waals surface area contributed by atoms with Gasteiger partial charge in [-0.05, 0) is 0 Å². The van der Waals surface area contributed by atoms with Crippen LogP contribution in [0.1, 0.15) is 7.43 Å². The third-order valence-electron chi connectivity index (χ3n) is 4.80. The molecule has 1 atom stereocenters. The van der Waals surface area contributed by atoms with E-state index in [9.17, 15) is 23.2 Å². The molecular weight excluding hydrogens is 432 g/mol. The van der Waals surface area contributed by atoms with Gasteiger partial charge in [-0.1, -0.05) is 7.43 Å². The van der Waals surface area contributed by atoms with E-state index in [0.29, 0.717) is 0 Å². The number of benzene rings is 1. The van der Waals surface area contributed by atoms with Crippen LogP contribution in [-0.2, 0) is 19.1 Å². The molecule has 0 unspecified atom stereocenters. The first kappa shape index (κ1) is 25.1. The Morgan fingerprint density at radius 2 is 1.94 bits per heavy atom. The van der Waals surface area contributed by atoms with Crippen molar-refractivity contribution in [3.05, 3.63) is 23.8 Å². The van der Waals surface area contributed by atoms with E-state index in [0.717, 1.165) is 22.1 Å². The number of methoxy groups -OCH3 is 1. The molecule has 11 nitrogen and oxygen atoms in total. The minimum absolute atomic E-state index is 0. The molecule has 0 radical (unpaired) electrons. The molecule has 3 N–H and O–H groups in total. The van der Waals surface area contributed by atoms with Gasteiger partial charge in [0, 0.05) is 25.2 Å². The SMILES string of the molecule is C.COC(=O)NC[C@H]1CN(c2cc(F)c(N3CCON(C(=O)CN)CC3)c(F)c2)C(=O)O1. The lowest BCUT2D eigenvalue weighted by molar-refractivity contribution is -0.180. The second-order valence-electron chi connectivity index (χ2n) is 6.77. The number of nitrogens with two attached hydrogens (primary N) is 1. The van der Waals surface area contributed by atoms with Crippen molar-refractivity contribution in [3.8, 4) is 0 Å². The van der Waals surface area contributed by atoms with Crippen molar-refractivity contribution >= 4 is 29.5 Å². The Labute approximate surface area is 183 Å². The predicted octanol–water partition coefficient (Wildman–Crippen LogP) is 0.821. The van der Waals surface area contributed by atoms with Crippen molar-refractivity contribution < 1.29 is 37.5 Å². The highest BCUT2D eigenvalue weighted by molar-refractivity contribution is 5.90. The summed E-state index contributed by atoms with van der Waals surface area (Å²) < 4.78 is 39.3. The number of rotatable bonds is 5. The second kappa shape index (κ2) is 10.9. The van der Waals surface area contributed by atoms with Gasteiger partial charge in [0.05, 0.1) is 45.6 Å². The van der Waals surface area contributed by atoms with Gasteiger partial charge < -0.3 is 25.4 Å². The van der Waals surface area contributed by atoms with Gasteiger partial charge in [0.1, 0.15) is 11.8 Å². The molecule has 178 valence electrons. The Bertz CT molecular complexity index is 834. The number of hydrogen-bond donors (Lipinski definition) is 2. The van der Waals surface area contributed by atoms with Crippen molar-refractivity contribution in [2.45, 2.75) is 13.5 Å². The zero-order valence-corrected chi connectivity index (χ0v) is 16.8. The van der Waals surface area contributed by atoms with Crippen LogP contribution in [0.15, 0.2) is 12.1 Å². The van der Waals surface area contributed by atoms with E-state index >= 15 is 0 Å². The second-order valence-corrected chi connectivity index (χ2v) is 6.77. The van der Waals surface area contributed by atoms with E-state index in [4.69, 9.17) is 15.3 Å². The van der Waals surface area contributed by atoms with E-state index in [1.54, 1.807) is 0 Å². The molecule has 1 aromatic carbocycles. The zero-order chi connectivity index (χ0) is 22.5. The first-order valence-electron chi connectivity index (χ1n) is 9.51. The third-order valence-corrected chi connectivity index (χ3v) is 4.80. The fourth-order valence-corrected chi connectivity index (χ4v) is 3.29. The van der Waals surface area contributed by atoms with Gasteiger partial charge in [-0.15, -0.1) is 0 Å². The highest BCUT2D eigenvalue weighted by Gasteiger charge is 2.34. The third kappa shape index (κ3) is 5.53. The zero-order valence-electron chi connectivity index (χ0n) is 16.8. The van der Waals surface area contributed by atoms with E-state index in [2.05, 4.69) is 10.1 Å². The minimum atomic E-state index is -0.877. The number of carbonyl (C=O) groups excluding carboxylic acids is 3. The average Bonchev–Trinajstić information content (AvgIpc) is 2.95. The number of amides is 3. The van der Waals surface area contributed by atoms with Crippen molar-refractivity contribution in [1.29, 1.82) is 0 Å². The van der Waals surface area contributed by atoms with Crippen LogP contribution >= 0.6 is 0 Å². The largest absolute Gasteiger partial charge is 0.453 e. The van der Waals surface area contributed by atoms with Gasteiger partial charge in [0.15, 0.2) is 11.6 Å². The molecule has 1 aromatic rings. The van der Waals surface area contributed by atoms with Gasteiger partial charge in [-0.3, -0.25) is 14.5 Å². The van der Waals surface area contributed by atoms with Crippen molar-refractivity contribution in [2.24, 2.45) is 5.73 Å². The van der Waals surface area contributed by atoms with Crippen LogP contribution in [0.25, 0.3) is 0 Å². The molecule has 0 spiro atoms. The Kier molecular flexibility index (Phi) is 8.55. The number of carbonyl (C=O) groups is 3. The number of nitrogens with one attached hydrogen (secondary N) is 1. The lowest BCUT2D eigenvalue weighted by Crippen LogP contribution is -2.38. The van der Waals surface area contributed by atoms with Crippen LogP contribution in [0.3, 0.4) is 0 Å². The molecule has 2 fully saturated rings. The maximum Gasteiger partial charge on any atom is 0.414 e. The maximum atomic E-state index is 14.9. The van der Waals surface area contributed by atoms with Gasteiger partial charge in [0.25, 0.3) is 5.91 Å². The average molecular weight is 459 g/mol. The fraction of sp³-hybridized carbons (Fsp3) is 0.526. The molecule has 0 aromatic heterocycles. The lowest BCUT2D eigenvalue weighted by atomic mass is 10.2. The van der Waals surface area contributed by atoms with Crippen LogP contribution in [0.2, 0.25) is 0 Å². The van der Waals surface area contributed by atoms with E-state index in [-0.39, 0.29) is 64.7 Å². The van der Waals surface area contributed by atoms with Crippen LogP contribution in [-0.4, -0.2) is 82.2 Å². The number of hydroxylamine groups is 2. The van der Waals surface area contributed by atoms with Gasteiger partial charge in [-0.2, -0.15) is 0 Å². The van der Waals surface area contributed by atoms with E-state index < -0.39 is 35.8 Å². The molecular formula is C19H27F2N5O6. The maximum absolute atomic E-state index is 14.9. The molecule has 0 saturated carbocycles. The van der Waals surface area contributed by atoms with Gasteiger partial charge in [-0.25, -0.2) is 23.4 Å². The standard InChI is InChI=1S/C18H23F2N5O6.CH4/c1-29-17(27)22-9-12-10-24(18(28)31-12)11-6-13(19)16(14(20)7-11)23-2-3-25(15(26)8-21)30-5-4-23;/h6-7,12H,2-5,8-10,21H2,1H3,(H,22,27);1H4/t12-;/m0./s1.